The Balaban J connectivity index is 1.74. The maximum absolute atomic E-state index is 5.43. The van der Waals surface area contributed by atoms with Crippen LogP contribution in [0, 0.1) is 0 Å². The van der Waals surface area contributed by atoms with Crippen molar-refractivity contribution >= 4 is 11.5 Å². The number of para-hydroxylation sites is 2. The van der Waals surface area contributed by atoms with E-state index in [9.17, 15) is 0 Å². The summed E-state index contributed by atoms with van der Waals surface area (Å²) in [5.74, 6) is 1.53. The first-order chi connectivity index (χ1) is 9.86. The molecule has 0 amide bonds. The molecule has 5 heteroatoms. The lowest BCUT2D eigenvalue weighted by atomic mass is 10.2. The average molecular weight is 272 g/mol. The molecule has 1 aliphatic rings. The number of nitrogens with one attached hydrogen (secondary N) is 1. The Morgan fingerprint density at radius 3 is 2.65 bits per heavy atom. The normalized spacial score (nSPS) is 15.2. The third-order valence-corrected chi connectivity index (χ3v) is 3.05. The van der Waals surface area contributed by atoms with Gasteiger partial charge >= 0.3 is 0 Å². The van der Waals surface area contributed by atoms with Gasteiger partial charge in [0.05, 0.1) is 26.0 Å². The van der Waals surface area contributed by atoms with Crippen LogP contribution in [0.15, 0.2) is 42.6 Å². The van der Waals surface area contributed by atoms with Gasteiger partial charge < -0.3 is 19.5 Å². The van der Waals surface area contributed by atoms with Crippen LogP contribution in [-0.4, -0.2) is 25.3 Å². The molecule has 20 heavy (non-hydrogen) atoms. The van der Waals surface area contributed by atoms with Crippen LogP contribution in [0.25, 0.3) is 0 Å². The summed E-state index contributed by atoms with van der Waals surface area (Å²) >= 11 is 0. The highest BCUT2D eigenvalue weighted by molar-refractivity contribution is 5.63. The van der Waals surface area contributed by atoms with Crippen LogP contribution in [0.1, 0.15) is 11.9 Å². The molecule has 0 unspecified atom stereocenters. The molecule has 2 heterocycles. The van der Waals surface area contributed by atoms with E-state index in [0.29, 0.717) is 13.2 Å². The standard InChI is InChI=1S/C15H16N2O3/c1-18-13-5-3-2-4-12(13)17-14-7-6-11(10-16-14)15-19-8-9-20-15/h2-7,10,15H,8-9H2,1H3,(H,16,17). The van der Waals surface area contributed by atoms with Crippen molar-refractivity contribution in [2.45, 2.75) is 6.29 Å². The number of nitrogens with zero attached hydrogens (tertiary/aromatic N) is 1. The average Bonchev–Trinajstić information content (AvgIpc) is 3.03. The van der Waals surface area contributed by atoms with Crippen molar-refractivity contribution < 1.29 is 14.2 Å². The number of benzene rings is 1. The van der Waals surface area contributed by atoms with Crippen LogP contribution in [0.4, 0.5) is 11.5 Å². The van der Waals surface area contributed by atoms with Crippen LogP contribution in [0.5, 0.6) is 5.75 Å². The maximum atomic E-state index is 5.43. The number of hydrogen-bond acceptors (Lipinski definition) is 5. The topological polar surface area (TPSA) is 52.6 Å². The Kier molecular flexibility index (Phi) is 3.80. The minimum Gasteiger partial charge on any atom is -0.495 e. The number of ether oxygens (including phenoxy) is 3. The summed E-state index contributed by atoms with van der Waals surface area (Å²) in [6.45, 7) is 1.26. The van der Waals surface area contributed by atoms with Gasteiger partial charge in [0, 0.05) is 11.8 Å². The summed E-state index contributed by atoms with van der Waals surface area (Å²) in [4.78, 5) is 4.37. The molecule has 1 fully saturated rings. The fourth-order valence-corrected chi connectivity index (χ4v) is 2.06. The minimum absolute atomic E-state index is 0.289. The van der Waals surface area contributed by atoms with Crippen LogP contribution >= 0.6 is 0 Å². The zero-order valence-corrected chi connectivity index (χ0v) is 11.2. The predicted octanol–water partition coefficient (Wildman–Crippen LogP) is 2.88. The molecule has 1 saturated heterocycles. The third-order valence-electron chi connectivity index (χ3n) is 3.05. The van der Waals surface area contributed by atoms with E-state index in [2.05, 4.69) is 10.3 Å². The second-order valence-corrected chi connectivity index (χ2v) is 4.38. The van der Waals surface area contributed by atoms with Gasteiger partial charge in [0.15, 0.2) is 6.29 Å². The van der Waals surface area contributed by atoms with E-state index in [1.54, 1.807) is 13.3 Å². The fraction of sp³-hybridized carbons (Fsp3) is 0.267. The molecule has 3 rings (SSSR count). The Morgan fingerprint density at radius 1 is 1.15 bits per heavy atom. The quantitative estimate of drug-likeness (QED) is 0.927. The smallest absolute Gasteiger partial charge is 0.185 e. The molecule has 0 aliphatic carbocycles. The Bertz CT molecular complexity index is 566. The predicted molar refractivity (Wildman–Crippen MR) is 75.2 cm³/mol. The van der Waals surface area contributed by atoms with E-state index in [0.717, 1.165) is 22.8 Å². The van der Waals surface area contributed by atoms with Gasteiger partial charge in [-0.2, -0.15) is 0 Å². The molecule has 0 spiro atoms. The Labute approximate surface area is 117 Å². The van der Waals surface area contributed by atoms with E-state index in [1.165, 1.54) is 0 Å². The highest BCUT2D eigenvalue weighted by atomic mass is 16.7. The van der Waals surface area contributed by atoms with Crippen LogP contribution in [0.3, 0.4) is 0 Å². The highest BCUT2D eigenvalue weighted by Gasteiger charge is 2.18. The van der Waals surface area contributed by atoms with Crippen molar-refractivity contribution in [1.82, 2.24) is 4.98 Å². The summed E-state index contributed by atoms with van der Waals surface area (Å²) in [6, 6.07) is 11.6. The van der Waals surface area contributed by atoms with Gasteiger partial charge in [0.25, 0.3) is 0 Å². The van der Waals surface area contributed by atoms with Gasteiger partial charge in [-0.3, -0.25) is 0 Å². The van der Waals surface area contributed by atoms with Crippen LogP contribution in [0.2, 0.25) is 0 Å². The van der Waals surface area contributed by atoms with Gasteiger partial charge in [-0.1, -0.05) is 12.1 Å². The first-order valence-corrected chi connectivity index (χ1v) is 6.46. The monoisotopic (exact) mass is 272 g/mol. The molecule has 1 N–H and O–H groups in total. The molecule has 0 radical (unpaired) electrons. The highest BCUT2D eigenvalue weighted by Crippen LogP contribution is 2.27. The van der Waals surface area contributed by atoms with Gasteiger partial charge in [0.2, 0.25) is 0 Å². The summed E-state index contributed by atoms with van der Waals surface area (Å²) < 4.78 is 16.2. The lowest BCUT2D eigenvalue weighted by Gasteiger charge is -2.12. The lowest BCUT2D eigenvalue weighted by Crippen LogP contribution is -2.01. The first-order valence-electron chi connectivity index (χ1n) is 6.46. The molecule has 1 aliphatic heterocycles. The van der Waals surface area contributed by atoms with Gasteiger partial charge in [-0.25, -0.2) is 4.98 Å². The summed E-state index contributed by atoms with van der Waals surface area (Å²) in [6.07, 6.45) is 1.47. The van der Waals surface area contributed by atoms with Crippen LogP contribution in [-0.2, 0) is 9.47 Å². The Hall–Kier alpha value is -2.11. The van der Waals surface area contributed by atoms with Crippen molar-refractivity contribution in [2.75, 3.05) is 25.6 Å². The summed E-state index contributed by atoms with van der Waals surface area (Å²) in [5, 5.41) is 3.22. The number of hydrogen-bond donors (Lipinski definition) is 1. The Morgan fingerprint density at radius 2 is 1.95 bits per heavy atom. The van der Waals surface area contributed by atoms with Crippen molar-refractivity contribution in [1.29, 1.82) is 0 Å². The molecule has 0 bridgehead atoms. The zero-order valence-electron chi connectivity index (χ0n) is 11.2. The third kappa shape index (κ3) is 2.74. The van der Waals surface area contributed by atoms with Crippen molar-refractivity contribution in [3.63, 3.8) is 0 Å². The number of rotatable bonds is 4. The van der Waals surface area contributed by atoms with Crippen molar-refractivity contribution in [3.05, 3.63) is 48.2 Å². The van der Waals surface area contributed by atoms with Crippen molar-refractivity contribution in [2.24, 2.45) is 0 Å². The van der Waals surface area contributed by atoms with Gasteiger partial charge in [0.1, 0.15) is 11.6 Å². The second kappa shape index (κ2) is 5.90. The molecular formula is C15H16N2O3. The molecule has 1 aromatic heterocycles. The minimum atomic E-state index is -0.289. The largest absolute Gasteiger partial charge is 0.495 e. The van der Waals surface area contributed by atoms with E-state index < -0.39 is 0 Å². The molecule has 104 valence electrons. The molecule has 1 aromatic carbocycles. The van der Waals surface area contributed by atoms with Gasteiger partial charge in [-0.15, -0.1) is 0 Å². The van der Waals surface area contributed by atoms with Crippen molar-refractivity contribution in [3.8, 4) is 5.75 Å². The van der Waals surface area contributed by atoms with Crippen LogP contribution < -0.4 is 10.1 Å². The number of pyridine rings is 1. The van der Waals surface area contributed by atoms with E-state index in [-0.39, 0.29) is 6.29 Å². The molecule has 2 aromatic rings. The lowest BCUT2D eigenvalue weighted by molar-refractivity contribution is -0.0443. The molecule has 0 atom stereocenters. The molecule has 0 saturated carbocycles. The maximum Gasteiger partial charge on any atom is 0.185 e. The van der Waals surface area contributed by atoms with E-state index >= 15 is 0 Å². The fourth-order valence-electron chi connectivity index (χ4n) is 2.06. The zero-order chi connectivity index (χ0) is 13.8. The van der Waals surface area contributed by atoms with E-state index in [1.807, 2.05) is 36.4 Å². The number of aromatic nitrogens is 1. The van der Waals surface area contributed by atoms with E-state index in [4.69, 9.17) is 14.2 Å². The summed E-state index contributed by atoms with van der Waals surface area (Å²) in [7, 11) is 1.64. The summed E-state index contributed by atoms with van der Waals surface area (Å²) in [5.41, 5.74) is 1.80. The SMILES string of the molecule is COc1ccccc1Nc1ccc(C2OCCO2)cn1. The second-order valence-electron chi connectivity index (χ2n) is 4.38. The number of anilines is 2. The number of methoxy groups -OCH3 is 1. The first kappa shape index (κ1) is 12.9. The molecule has 5 nitrogen and oxygen atoms in total. The van der Waals surface area contributed by atoms with Gasteiger partial charge in [-0.05, 0) is 24.3 Å². The molecular weight excluding hydrogens is 256 g/mol.